The van der Waals surface area contributed by atoms with Crippen LogP contribution in [-0.4, -0.2) is 20.3 Å². The normalized spacial score (nSPS) is 11.8. The Morgan fingerprint density at radius 2 is 2.11 bits per heavy atom. The number of halogens is 1. The lowest BCUT2D eigenvalue weighted by molar-refractivity contribution is 0.424. The van der Waals surface area contributed by atoms with Gasteiger partial charge in [-0.2, -0.15) is 5.10 Å². The minimum Gasteiger partial charge on any atom is -0.308 e. The Morgan fingerprint density at radius 1 is 1.32 bits per heavy atom. The highest BCUT2D eigenvalue weighted by atomic mass is 79.9. The van der Waals surface area contributed by atoms with Gasteiger partial charge < -0.3 is 5.32 Å². The van der Waals surface area contributed by atoms with Crippen molar-refractivity contribution in [3.05, 3.63) is 46.5 Å². The molecule has 0 saturated carbocycles. The van der Waals surface area contributed by atoms with Crippen molar-refractivity contribution in [1.82, 2.24) is 20.1 Å². The summed E-state index contributed by atoms with van der Waals surface area (Å²) in [5.74, 6) is 0. The first-order valence-electron chi connectivity index (χ1n) is 6.29. The number of hydrogen-bond acceptors (Lipinski definition) is 3. The van der Waals surface area contributed by atoms with Crippen molar-refractivity contribution >= 4 is 15.9 Å². The lowest BCUT2D eigenvalue weighted by Crippen LogP contribution is -2.35. The van der Waals surface area contributed by atoms with Gasteiger partial charge in [-0.25, -0.2) is 9.67 Å². The molecule has 5 heteroatoms. The Kier molecular flexibility index (Phi) is 4.37. The van der Waals surface area contributed by atoms with Crippen LogP contribution in [0.3, 0.4) is 0 Å². The topological polar surface area (TPSA) is 42.7 Å². The molecular formula is C14H19BrN4. The van der Waals surface area contributed by atoms with Gasteiger partial charge in [0.1, 0.15) is 12.7 Å². The Bertz CT molecular complexity index is 529. The van der Waals surface area contributed by atoms with Crippen LogP contribution in [0.2, 0.25) is 0 Å². The fraction of sp³-hybridized carbons (Fsp3) is 0.429. The van der Waals surface area contributed by atoms with Crippen molar-refractivity contribution in [1.29, 1.82) is 0 Å². The molecule has 0 aliphatic carbocycles. The van der Waals surface area contributed by atoms with E-state index in [2.05, 4.69) is 70.3 Å². The van der Waals surface area contributed by atoms with E-state index >= 15 is 0 Å². The van der Waals surface area contributed by atoms with Crippen LogP contribution >= 0.6 is 15.9 Å². The summed E-state index contributed by atoms with van der Waals surface area (Å²) in [4.78, 5) is 3.95. The van der Waals surface area contributed by atoms with Crippen LogP contribution in [0.5, 0.6) is 0 Å². The second-order valence-electron chi connectivity index (χ2n) is 5.62. The van der Waals surface area contributed by atoms with Crippen LogP contribution in [0.4, 0.5) is 0 Å². The van der Waals surface area contributed by atoms with E-state index in [1.807, 2.05) is 4.68 Å². The lowest BCUT2D eigenvalue weighted by atomic mass is 10.1. The quantitative estimate of drug-likeness (QED) is 0.941. The number of hydrogen-bond donors (Lipinski definition) is 1. The molecule has 102 valence electrons. The van der Waals surface area contributed by atoms with E-state index in [0.29, 0.717) is 0 Å². The zero-order chi connectivity index (χ0) is 13.9. The van der Waals surface area contributed by atoms with Gasteiger partial charge in [0.05, 0.1) is 6.54 Å². The maximum atomic E-state index is 4.12. The third kappa shape index (κ3) is 4.44. The number of rotatable bonds is 4. The minimum atomic E-state index is 0.131. The van der Waals surface area contributed by atoms with E-state index < -0.39 is 0 Å². The molecule has 2 rings (SSSR count). The first-order chi connectivity index (χ1) is 8.94. The summed E-state index contributed by atoms with van der Waals surface area (Å²) in [5, 5.41) is 7.60. The molecule has 2 aromatic rings. The fourth-order valence-electron chi connectivity index (χ4n) is 1.69. The summed E-state index contributed by atoms with van der Waals surface area (Å²) in [6, 6.07) is 6.44. The van der Waals surface area contributed by atoms with Crippen molar-refractivity contribution in [2.75, 3.05) is 0 Å². The van der Waals surface area contributed by atoms with Crippen LogP contribution in [0.1, 0.15) is 31.9 Å². The summed E-state index contributed by atoms with van der Waals surface area (Å²) in [6.07, 6.45) is 3.27. The Balaban J connectivity index is 2.05. The smallest absolute Gasteiger partial charge is 0.137 e. The van der Waals surface area contributed by atoms with Gasteiger partial charge in [-0.05, 0) is 38.0 Å². The molecule has 0 saturated heterocycles. The van der Waals surface area contributed by atoms with E-state index in [4.69, 9.17) is 0 Å². The van der Waals surface area contributed by atoms with Gasteiger partial charge in [-0.3, -0.25) is 0 Å². The van der Waals surface area contributed by atoms with Crippen molar-refractivity contribution in [3.8, 4) is 0 Å². The first kappa shape index (κ1) is 14.2. The second kappa shape index (κ2) is 5.84. The summed E-state index contributed by atoms with van der Waals surface area (Å²) in [5.41, 5.74) is 2.60. The van der Waals surface area contributed by atoms with Crippen LogP contribution in [-0.2, 0) is 13.1 Å². The molecule has 1 N–H and O–H groups in total. The maximum absolute atomic E-state index is 4.12. The van der Waals surface area contributed by atoms with Crippen molar-refractivity contribution in [3.63, 3.8) is 0 Å². The summed E-state index contributed by atoms with van der Waals surface area (Å²) in [7, 11) is 0. The molecule has 1 aromatic carbocycles. The Morgan fingerprint density at radius 3 is 2.68 bits per heavy atom. The average Bonchev–Trinajstić information content (AvgIpc) is 2.81. The standard InChI is InChI=1S/C14H19BrN4/c1-14(2,3)17-7-11-4-5-12(13(15)6-11)8-19-10-16-9-18-19/h4-6,9-10,17H,7-8H2,1-3H3. The van der Waals surface area contributed by atoms with Crippen molar-refractivity contribution in [2.45, 2.75) is 39.4 Å². The molecule has 0 radical (unpaired) electrons. The molecular weight excluding hydrogens is 304 g/mol. The van der Waals surface area contributed by atoms with Gasteiger partial charge in [-0.15, -0.1) is 0 Å². The molecule has 0 fully saturated rings. The van der Waals surface area contributed by atoms with Crippen LogP contribution in [0.25, 0.3) is 0 Å². The number of aromatic nitrogens is 3. The maximum Gasteiger partial charge on any atom is 0.137 e. The summed E-state index contributed by atoms with van der Waals surface area (Å²) >= 11 is 3.62. The summed E-state index contributed by atoms with van der Waals surface area (Å²) < 4.78 is 2.92. The predicted octanol–water partition coefficient (Wildman–Crippen LogP) is 2.98. The molecule has 0 amide bonds. The summed E-state index contributed by atoms with van der Waals surface area (Å²) in [6.45, 7) is 8.10. The van der Waals surface area contributed by atoms with Crippen molar-refractivity contribution < 1.29 is 0 Å². The van der Waals surface area contributed by atoms with Gasteiger partial charge in [0.15, 0.2) is 0 Å². The average molecular weight is 323 g/mol. The van der Waals surface area contributed by atoms with Gasteiger partial charge in [-0.1, -0.05) is 28.1 Å². The molecule has 0 atom stereocenters. The van der Waals surface area contributed by atoms with E-state index in [0.717, 1.165) is 17.6 Å². The molecule has 1 heterocycles. The molecule has 19 heavy (non-hydrogen) atoms. The zero-order valence-corrected chi connectivity index (χ0v) is 13.1. The monoisotopic (exact) mass is 322 g/mol. The van der Waals surface area contributed by atoms with Crippen molar-refractivity contribution in [2.24, 2.45) is 0 Å². The van der Waals surface area contributed by atoms with Gasteiger partial charge in [0.25, 0.3) is 0 Å². The third-order valence-corrected chi connectivity index (χ3v) is 3.48. The highest BCUT2D eigenvalue weighted by Crippen LogP contribution is 2.20. The van der Waals surface area contributed by atoms with Gasteiger partial charge in [0, 0.05) is 16.6 Å². The first-order valence-corrected chi connectivity index (χ1v) is 7.08. The van der Waals surface area contributed by atoms with Crippen LogP contribution in [0, 0.1) is 0 Å². The van der Waals surface area contributed by atoms with E-state index in [1.165, 1.54) is 11.1 Å². The predicted molar refractivity (Wildman–Crippen MR) is 79.9 cm³/mol. The Labute approximate surface area is 122 Å². The van der Waals surface area contributed by atoms with E-state index in [1.54, 1.807) is 12.7 Å². The van der Waals surface area contributed by atoms with Gasteiger partial charge in [0.2, 0.25) is 0 Å². The second-order valence-corrected chi connectivity index (χ2v) is 6.48. The highest BCUT2D eigenvalue weighted by molar-refractivity contribution is 9.10. The van der Waals surface area contributed by atoms with Crippen LogP contribution < -0.4 is 5.32 Å². The molecule has 0 spiro atoms. The molecule has 0 bridgehead atoms. The van der Waals surface area contributed by atoms with E-state index in [9.17, 15) is 0 Å². The zero-order valence-electron chi connectivity index (χ0n) is 11.5. The lowest BCUT2D eigenvalue weighted by Gasteiger charge is -2.20. The Hall–Kier alpha value is -1.20. The highest BCUT2D eigenvalue weighted by Gasteiger charge is 2.09. The minimum absolute atomic E-state index is 0.131. The molecule has 4 nitrogen and oxygen atoms in total. The molecule has 1 aromatic heterocycles. The molecule has 0 unspecified atom stereocenters. The largest absolute Gasteiger partial charge is 0.308 e. The number of nitrogens with one attached hydrogen (secondary N) is 1. The SMILES string of the molecule is CC(C)(C)NCc1ccc(Cn2cncn2)c(Br)c1. The molecule has 0 aliphatic rings. The van der Waals surface area contributed by atoms with E-state index in [-0.39, 0.29) is 5.54 Å². The molecule has 0 aliphatic heterocycles. The number of nitrogens with zero attached hydrogens (tertiary/aromatic N) is 3. The fourth-order valence-corrected chi connectivity index (χ4v) is 2.24. The number of benzene rings is 1. The van der Waals surface area contributed by atoms with Crippen LogP contribution in [0.15, 0.2) is 35.3 Å². The van der Waals surface area contributed by atoms with Gasteiger partial charge >= 0.3 is 0 Å². The third-order valence-electron chi connectivity index (χ3n) is 2.74.